The minimum Gasteiger partial charge on any atom is -0.497 e. The summed E-state index contributed by atoms with van der Waals surface area (Å²) in [5.41, 5.74) is 5.49. The van der Waals surface area contributed by atoms with Crippen molar-refractivity contribution in [3.63, 3.8) is 0 Å². The molecule has 0 saturated carbocycles. The molecular formula is C23H24N2O3. The Hall–Kier alpha value is -3.34. The summed E-state index contributed by atoms with van der Waals surface area (Å²) in [4.78, 5) is 17.2. The number of anilines is 1. The van der Waals surface area contributed by atoms with Crippen LogP contribution in [0.4, 0.5) is 5.69 Å². The topological polar surface area (TPSA) is 60.5 Å². The summed E-state index contributed by atoms with van der Waals surface area (Å²) in [5.74, 6) is 1.14. The summed E-state index contributed by atoms with van der Waals surface area (Å²) < 4.78 is 10.6. The van der Waals surface area contributed by atoms with Gasteiger partial charge in [0, 0.05) is 22.7 Å². The van der Waals surface area contributed by atoms with Gasteiger partial charge in [0.05, 0.1) is 25.4 Å². The summed E-state index contributed by atoms with van der Waals surface area (Å²) in [6.07, 6.45) is 3.20. The van der Waals surface area contributed by atoms with E-state index >= 15 is 0 Å². The molecule has 0 unspecified atom stereocenters. The van der Waals surface area contributed by atoms with Crippen LogP contribution in [-0.2, 0) is 4.79 Å². The van der Waals surface area contributed by atoms with Crippen LogP contribution in [0.25, 0.3) is 17.0 Å². The second-order valence-corrected chi connectivity index (χ2v) is 6.72. The molecule has 0 spiro atoms. The number of amides is 1. The van der Waals surface area contributed by atoms with Crippen molar-refractivity contribution in [3.8, 4) is 11.5 Å². The van der Waals surface area contributed by atoms with Gasteiger partial charge in [0.2, 0.25) is 5.91 Å². The second-order valence-electron chi connectivity index (χ2n) is 6.72. The number of benzene rings is 2. The standard InChI is InChI=1S/C23H24N2O3/c1-14-10-15(2)23-19(11-14)20(12-16(3)24-23)25-22(26)9-6-17-13-18(27-4)7-8-21(17)28-5/h6-13H,1-5H3,(H,24,25,26)/b9-6+. The van der Waals surface area contributed by atoms with E-state index in [9.17, 15) is 4.79 Å². The van der Waals surface area contributed by atoms with E-state index in [1.54, 1.807) is 20.3 Å². The van der Waals surface area contributed by atoms with Gasteiger partial charge in [0.15, 0.2) is 0 Å². The van der Waals surface area contributed by atoms with E-state index in [2.05, 4.69) is 16.4 Å². The lowest BCUT2D eigenvalue weighted by Gasteiger charge is -2.11. The predicted molar refractivity (Wildman–Crippen MR) is 113 cm³/mol. The zero-order valence-corrected chi connectivity index (χ0v) is 16.8. The Morgan fingerprint density at radius 2 is 1.82 bits per heavy atom. The molecule has 5 heteroatoms. The number of fused-ring (bicyclic) bond motifs is 1. The molecular weight excluding hydrogens is 352 g/mol. The minimum absolute atomic E-state index is 0.226. The minimum atomic E-state index is -0.226. The fourth-order valence-electron chi connectivity index (χ4n) is 3.22. The first-order valence-corrected chi connectivity index (χ1v) is 9.01. The Morgan fingerprint density at radius 3 is 2.54 bits per heavy atom. The number of aromatic nitrogens is 1. The number of nitrogens with one attached hydrogen (secondary N) is 1. The molecule has 28 heavy (non-hydrogen) atoms. The summed E-state index contributed by atoms with van der Waals surface area (Å²) in [6, 6.07) is 11.5. The largest absolute Gasteiger partial charge is 0.497 e. The highest BCUT2D eigenvalue weighted by Gasteiger charge is 2.09. The van der Waals surface area contributed by atoms with Crippen molar-refractivity contribution in [3.05, 3.63) is 64.9 Å². The predicted octanol–water partition coefficient (Wildman–Crippen LogP) is 4.83. The maximum absolute atomic E-state index is 12.6. The Morgan fingerprint density at radius 1 is 1.04 bits per heavy atom. The van der Waals surface area contributed by atoms with Gasteiger partial charge in [-0.25, -0.2) is 0 Å². The first-order valence-electron chi connectivity index (χ1n) is 9.01. The molecule has 0 bridgehead atoms. The molecule has 3 aromatic rings. The normalized spacial score (nSPS) is 11.0. The van der Waals surface area contributed by atoms with Gasteiger partial charge in [-0.1, -0.05) is 11.6 Å². The van der Waals surface area contributed by atoms with E-state index < -0.39 is 0 Å². The van der Waals surface area contributed by atoms with E-state index in [0.717, 1.165) is 39.0 Å². The number of nitrogens with zero attached hydrogens (tertiary/aromatic N) is 1. The highest BCUT2D eigenvalue weighted by atomic mass is 16.5. The monoisotopic (exact) mass is 376 g/mol. The smallest absolute Gasteiger partial charge is 0.248 e. The molecule has 144 valence electrons. The highest BCUT2D eigenvalue weighted by Crippen LogP contribution is 2.28. The van der Waals surface area contributed by atoms with Crippen LogP contribution in [0.1, 0.15) is 22.4 Å². The molecule has 0 fully saturated rings. The fraction of sp³-hybridized carbons (Fsp3) is 0.217. The molecule has 0 radical (unpaired) electrons. The molecule has 0 aliphatic carbocycles. The number of aryl methyl sites for hydroxylation is 3. The first kappa shape index (κ1) is 19.4. The molecule has 0 aliphatic heterocycles. The van der Waals surface area contributed by atoms with Crippen LogP contribution < -0.4 is 14.8 Å². The average molecular weight is 376 g/mol. The van der Waals surface area contributed by atoms with Gasteiger partial charge in [-0.05, 0) is 62.7 Å². The number of rotatable bonds is 5. The molecule has 1 amide bonds. The van der Waals surface area contributed by atoms with E-state index in [4.69, 9.17) is 9.47 Å². The first-order chi connectivity index (χ1) is 13.4. The lowest BCUT2D eigenvalue weighted by Crippen LogP contribution is -2.09. The maximum Gasteiger partial charge on any atom is 0.248 e. The average Bonchev–Trinajstić information content (AvgIpc) is 2.67. The molecule has 1 heterocycles. The molecule has 0 saturated heterocycles. The SMILES string of the molecule is COc1ccc(OC)c(/C=C/C(=O)Nc2cc(C)nc3c(C)cc(C)cc23)c1. The number of methoxy groups -OCH3 is 2. The van der Waals surface area contributed by atoms with Crippen LogP contribution in [0.3, 0.4) is 0 Å². The Kier molecular flexibility index (Phi) is 5.64. The highest BCUT2D eigenvalue weighted by molar-refractivity contribution is 6.07. The molecule has 5 nitrogen and oxygen atoms in total. The van der Waals surface area contributed by atoms with Gasteiger partial charge in [0.25, 0.3) is 0 Å². The Bertz CT molecular complexity index is 1070. The van der Waals surface area contributed by atoms with E-state index in [0.29, 0.717) is 11.5 Å². The summed E-state index contributed by atoms with van der Waals surface area (Å²) in [7, 11) is 3.19. The van der Waals surface area contributed by atoms with Gasteiger partial charge in [0.1, 0.15) is 11.5 Å². The Labute approximate surface area is 165 Å². The van der Waals surface area contributed by atoms with Crippen LogP contribution in [0.2, 0.25) is 0 Å². The lowest BCUT2D eigenvalue weighted by atomic mass is 10.0. The third-order valence-electron chi connectivity index (χ3n) is 4.49. The third-order valence-corrected chi connectivity index (χ3v) is 4.49. The molecule has 0 aliphatic rings. The van der Waals surface area contributed by atoms with E-state index in [1.807, 2.05) is 51.1 Å². The van der Waals surface area contributed by atoms with Crippen molar-refractivity contribution < 1.29 is 14.3 Å². The number of hydrogen-bond acceptors (Lipinski definition) is 4. The number of pyridine rings is 1. The van der Waals surface area contributed by atoms with Crippen LogP contribution in [0, 0.1) is 20.8 Å². The summed E-state index contributed by atoms with van der Waals surface area (Å²) in [6.45, 7) is 5.99. The van der Waals surface area contributed by atoms with Crippen LogP contribution in [-0.4, -0.2) is 25.1 Å². The summed E-state index contributed by atoms with van der Waals surface area (Å²) >= 11 is 0. The zero-order valence-electron chi connectivity index (χ0n) is 16.8. The van der Waals surface area contributed by atoms with E-state index in [-0.39, 0.29) is 5.91 Å². The van der Waals surface area contributed by atoms with Crippen LogP contribution in [0.15, 0.2) is 42.5 Å². The van der Waals surface area contributed by atoms with Gasteiger partial charge >= 0.3 is 0 Å². The molecule has 3 rings (SSSR count). The maximum atomic E-state index is 12.6. The van der Waals surface area contributed by atoms with Crippen molar-refractivity contribution in [2.45, 2.75) is 20.8 Å². The fourth-order valence-corrected chi connectivity index (χ4v) is 3.22. The number of ether oxygens (including phenoxy) is 2. The van der Waals surface area contributed by atoms with Crippen molar-refractivity contribution >= 4 is 28.6 Å². The number of carbonyl (C=O) groups excluding carboxylic acids is 1. The van der Waals surface area contributed by atoms with Gasteiger partial charge in [-0.15, -0.1) is 0 Å². The molecule has 0 atom stereocenters. The van der Waals surface area contributed by atoms with Gasteiger partial charge < -0.3 is 14.8 Å². The van der Waals surface area contributed by atoms with Crippen molar-refractivity contribution in [2.75, 3.05) is 19.5 Å². The quantitative estimate of drug-likeness (QED) is 0.648. The second kappa shape index (κ2) is 8.13. The van der Waals surface area contributed by atoms with E-state index in [1.165, 1.54) is 6.08 Å². The van der Waals surface area contributed by atoms with Crippen molar-refractivity contribution in [2.24, 2.45) is 0 Å². The molecule has 2 aromatic carbocycles. The van der Waals surface area contributed by atoms with Gasteiger partial charge in [-0.2, -0.15) is 0 Å². The molecule has 1 aromatic heterocycles. The number of hydrogen-bond donors (Lipinski definition) is 1. The number of carbonyl (C=O) groups is 1. The van der Waals surface area contributed by atoms with Crippen molar-refractivity contribution in [1.82, 2.24) is 4.98 Å². The third kappa shape index (κ3) is 4.14. The van der Waals surface area contributed by atoms with Crippen molar-refractivity contribution in [1.29, 1.82) is 0 Å². The zero-order chi connectivity index (χ0) is 20.3. The molecule has 1 N–H and O–H groups in total. The van der Waals surface area contributed by atoms with Crippen LogP contribution in [0.5, 0.6) is 11.5 Å². The van der Waals surface area contributed by atoms with Crippen LogP contribution >= 0.6 is 0 Å². The summed E-state index contributed by atoms with van der Waals surface area (Å²) in [5, 5.41) is 3.91. The lowest BCUT2D eigenvalue weighted by molar-refractivity contribution is -0.111. The van der Waals surface area contributed by atoms with Gasteiger partial charge in [-0.3, -0.25) is 9.78 Å². The Balaban J connectivity index is 1.91.